The van der Waals surface area contributed by atoms with Crippen molar-refractivity contribution in [2.75, 3.05) is 5.43 Å². The smallest absolute Gasteiger partial charge is 0.243 e. The SMILES string of the molecule is C/C(=N/Nc1nc(C)cc(C)n1)c1c(Cl)ccc(F)c1Cl. The van der Waals surface area contributed by atoms with E-state index in [2.05, 4.69) is 20.5 Å². The van der Waals surface area contributed by atoms with Gasteiger partial charge in [0, 0.05) is 17.0 Å². The average Bonchev–Trinajstić information content (AvgIpc) is 2.40. The summed E-state index contributed by atoms with van der Waals surface area (Å²) in [5, 5.41) is 4.38. The van der Waals surface area contributed by atoms with Gasteiger partial charge < -0.3 is 0 Å². The summed E-state index contributed by atoms with van der Waals surface area (Å²) in [4.78, 5) is 8.39. The molecule has 2 rings (SSSR count). The van der Waals surface area contributed by atoms with Crippen LogP contribution < -0.4 is 5.43 Å². The predicted octanol–water partition coefficient (Wildman–Crippen LogP) is 4.38. The number of nitrogens with zero attached hydrogens (tertiary/aromatic N) is 3. The third-order valence-corrected chi connectivity index (χ3v) is 3.40. The van der Waals surface area contributed by atoms with E-state index in [0.29, 0.717) is 22.2 Å². The fourth-order valence-corrected chi connectivity index (χ4v) is 2.47. The molecule has 0 aliphatic carbocycles. The summed E-state index contributed by atoms with van der Waals surface area (Å²) in [6.45, 7) is 5.38. The summed E-state index contributed by atoms with van der Waals surface area (Å²) in [5.74, 6) is -0.191. The van der Waals surface area contributed by atoms with Gasteiger partial charge in [-0.15, -0.1) is 0 Å². The molecule has 0 aliphatic heterocycles. The van der Waals surface area contributed by atoms with Crippen molar-refractivity contribution in [3.05, 3.63) is 51.0 Å². The molecular formula is C14H13Cl2FN4. The lowest BCUT2D eigenvalue weighted by atomic mass is 10.1. The highest BCUT2D eigenvalue weighted by atomic mass is 35.5. The fraction of sp³-hybridized carbons (Fsp3) is 0.214. The topological polar surface area (TPSA) is 50.2 Å². The highest BCUT2D eigenvalue weighted by molar-refractivity contribution is 6.40. The molecule has 0 spiro atoms. The number of nitrogens with one attached hydrogen (secondary N) is 1. The normalized spacial score (nSPS) is 11.6. The summed E-state index contributed by atoms with van der Waals surface area (Å²) in [6, 6.07) is 4.49. The molecule has 110 valence electrons. The summed E-state index contributed by atoms with van der Waals surface area (Å²) in [6.07, 6.45) is 0. The monoisotopic (exact) mass is 326 g/mol. The lowest BCUT2D eigenvalue weighted by Crippen LogP contribution is -2.05. The lowest BCUT2D eigenvalue weighted by molar-refractivity contribution is 0.628. The quantitative estimate of drug-likeness (QED) is 0.517. The van der Waals surface area contributed by atoms with Gasteiger partial charge in [-0.3, -0.25) is 0 Å². The minimum absolute atomic E-state index is 0.0631. The van der Waals surface area contributed by atoms with E-state index < -0.39 is 5.82 Å². The van der Waals surface area contributed by atoms with Gasteiger partial charge in [0.25, 0.3) is 0 Å². The van der Waals surface area contributed by atoms with Gasteiger partial charge in [0.15, 0.2) is 0 Å². The molecule has 2 aromatic rings. The summed E-state index contributed by atoms with van der Waals surface area (Å²) >= 11 is 12.0. The van der Waals surface area contributed by atoms with E-state index in [-0.39, 0.29) is 5.02 Å². The fourth-order valence-electron chi connectivity index (χ4n) is 1.82. The number of anilines is 1. The second-order valence-corrected chi connectivity index (χ2v) is 5.29. The highest BCUT2D eigenvalue weighted by Gasteiger charge is 2.13. The first-order valence-electron chi connectivity index (χ1n) is 6.15. The molecule has 0 unspecified atom stereocenters. The predicted molar refractivity (Wildman–Crippen MR) is 83.8 cm³/mol. The van der Waals surface area contributed by atoms with Crippen molar-refractivity contribution in [3.8, 4) is 0 Å². The Bertz CT molecular complexity index is 696. The van der Waals surface area contributed by atoms with Gasteiger partial charge >= 0.3 is 0 Å². The van der Waals surface area contributed by atoms with Crippen LogP contribution in [0.4, 0.5) is 10.3 Å². The molecule has 21 heavy (non-hydrogen) atoms. The average molecular weight is 327 g/mol. The highest BCUT2D eigenvalue weighted by Crippen LogP contribution is 2.27. The van der Waals surface area contributed by atoms with Crippen LogP contribution in [0.1, 0.15) is 23.9 Å². The van der Waals surface area contributed by atoms with Crippen LogP contribution in [0.2, 0.25) is 10.0 Å². The van der Waals surface area contributed by atoms with E-state index in [9.17, 15) is 4.39 Å². The van der Waals surface area contributed by atoms with Crippen molar-refractivity contribution in [1.29, 1.82) is 0 Å². The second kappa shape index (κ2) is 6.37. The largest absolute Gasteiger partial charge is 0.245 e. The van der Waals surface area contributed by atoms with Crippen LogP contribution in [-0.2, 0) is 0 Å². The molecule has 1 heterocycles. The van der Waals surface area contributed by atoms with Crippen LogP contribution in [0.5, 0.6) is 0 Å². The minimum Gasteiger partial charge on any atom is -0.245 e. The Morgan fingerprint density at radius 3 is 2.43 bits per heavy atom. The van der Waals surface area contributed by atoms with Crippen LogP contribution in [0, 0.1) is 19.7 Å². The number of hydrogen-bond donors (Lipinski definition) is 1. The van der Waals surface area contributed by atoms with Crippen LogP contribution in [0.15, 0.2) is 23.3 Å². The van der Waals surface area contributed by atoms with Crippen molar-refractivity contribution in [1.82, 2.24) is 9.97 Å². The Labute approximate surface area is 132 Å². The molecule has 1 aromatic carbocycles. The Morgan fingerprint density at radius 1 is 1.19 bits per heavy atom. The Kier molecular flexibility index (Phi) is 4.75. The van der Waals surface area contributed by atoms with Crippen molar-refractivity contribution in [2.24, 2.45) is 5.10 Å². The van der Waals surface area contributed by atoms with Crippen molar-refractivity contribution >= 4 is 34.9 Å². The van der Waals surface area contributed by atoms with E-state index in [1.54, 1.807) is 6.92 Å². The first kappa shape index (κ1) is 15.7. The van der Waals surface area contributed by atoms with Crippen LogP contribution in [-0.4, -0.2) is 15.7 Å². The summed E-state index contributed by atoms with van der Waals surface area (Å²) < 4.78 is 13.5. The molecule has 0 bridgehead atoms. The van der Waals surface area contributed by atoms with Crippen molar-refractivity contribution < 1.29 is 4.39 Å². The molecule has 1 aromatic heterocycles. The maximum Gasteiger partial charge on any atom is 0.243 e. The van der Waals surface area contributed by atoms with E-state index in [1.165, 1.54) is 12.1 Å². The first-order chi connectivity index (χ1) is 9.88. The molecule has 0 aliphatic rings. The van der Waals surface area contributed by atoms with Crippen LogP contribution in [0.3, 0.4) is 0 Å². The van der Waals surface area contributed by atoms with Gasteiger partial charge in [-0.1, -0.05) is 23.2 Å². The number of hydrogen-bond acceptors (Lipinski definition) is 4. The van der Waals surface area contributed by atoms with Crippen molar-refractivity contribution in [2.45, 2.75) is 20.8 Å². The third-order valence-electron chi connectivity index (χ3n) is 2.71. The molecule has 0 amide bonds. The van der Waals surface area contributed by atoms with Crippen LogP contribution >= 0.6 is 23.2 Å². The molecular weight excluding hydrogens is 314 g/mol. The number of halogens is 3. The minimum atomic E-state index is -0.548. The first-order valence-corrected chi connectivity index (χ1v) is 6.90. The zero-order valence-corrected chi connectivity index (χ0v) is 13.2. The Hall–Kier alpha value is -1.72. The van der Waals surface area contributed by atoms with E-state index in [4.69, 9.17) is 23.2 Å². The van der Waals surface area contributed by atoms with Gasteiger partial charge in [-0.25, -0.2) is 19.8 Å². The zero-order valence-electron chi connectivity index (χ0n) is 11.7. The standard InChI is InChI=1S/C14H13Cl2FN4/c1-7-6-8(2)19-14(18-7)21-20-9(3)12-10(15)4-5-11(17)13(12)16/h4-6H,1-3H3,(H,18,19,21)/b20-9-. The second-order valence-electron chi connectivity index (χ2n) is 4.50. The number of aromatic nitrogens is 2. The van der Waals surface area contributed by atoms with Gasteiger partial charge in [0.05, 0.1) is 15.8 Å². The van der Waals surface area contributed by atoms with Gasteiger partial charge in [0.2, 0.25) is 5.95 Å². The molecule has 0 fully saturated rings. The van der Waals surface area contributed by atoms with E-state index >= 15 is 0 Å². The van der Waals surface area contributed by atoms with Crippen LogP contribution in [0.25, 0.3) is 0 Å². The summed E-state index contributed by atoms with van der Waals surface area (Å²) in [7, 11) is 0. The Morgan fingerprint density at radius 2 is 1.81 bits per heavy atom. The zero-order chi connectivity index (χ0) is 15.6. The molecule has 0 saturated heterocycles. The number of rotatable bonds is 3. The van der Waals surface area contributed by atoms with Crippen molar-refractivity contribution in [3.63, 3.8) is 0 Å². The lowest BCUT2D eigenvalue weighted by Gasteiger charge is -2.08. The maximum absolute atomic E-state index is 13.5. The molecule has 7 heteroatoms. The number of hydrazone groups is 1. The molecule has 0 radical (unpaired) electrons. The molecule has 0 atom stereocenters. The van der Waals surface area contributed by atoms with E-state index in [0.717, 1.165) is 11.4 Å². The maximum atomic E-state index is 13.5. The Balaban J connectivity index is 2.32. The van der Waals surface area contributed by atoms with E-state index in [1.807, 2.05) is 19.9 Å². The molecule has 1 N–H and O–H groups in total. The number of benzene rings is 1. The molecule has 0 saturated carbocycles. The van der Waals surface area contributed by atoms with Gasteiger partial charge in [-0.2, -0.15) is 5.10 Å². The molecule has 4 nitrogen and oxygen atoms in total. The van der Waals surface area contributed by atoms with Gasteiger partial charge in [-0.05, 0) is 39.0 Å². The summed E-state index contributed by atoms with van der Waals surface area (Å²) in [5.41, 5.74) is 5.14. The third kappa shape index (κ3) is 3.68. The number of aryl methyl sites for hydroxylation is 2. The van der Waals surface area contributed by atoms with Gasteiger partial charge in [0.1, 0.15) is 5.82 Å².